The van der Waals surface area contributed by atoms with Crippen molar-refractivity contribution >= 4 is 0 Å². The van der Waals surface area contributed by atoms with Gasteiger partial charge < -0.3 is 0 Å². The highest BCUT2D eigenvalue weighted by Crippen LogP contribution is 2.25. The standard InChI is InChI=1S/C10H19N5/c1-3-4-9-5-10-7-14(12-11)8-15(10)13(2)6-9/h5,7,12H,3-4,6,8,11H2,1-2H3. The predicted molar refractivity (Wildman–Crippen MR) is 59.6 cm³/mol. The summed E-state index contributed by atoms with van der Waals surface area (Å²) in [5, 5.41) is 6.31. The Morgan fingerprint density at radius 2 is 2.33 bits per heavy atom. The molecule has 0 atom stereocenters. The van der Waals surface area contributed by atoms with E-state index in [1.165, 1.54) is 24.1 Å². The zero-order chi connectivity index (χ0) is 10.8. The number of allylic oxidation sites excluding steroid dienone is 1. The third-order valence-electron chi connectivity index (χ3n) is 2.81. The maximum Gasteiger partial charge on any atom is 0.121 e. The molecule has 3 N–H and O–H groups in total. The largest absolute Gasteiger partial charge is 0.283 e. The van der Waals surface area contributed by atoms with E-state index in [0.29, 0.717) is 0 Å². The van der Waals surface area contributed by atoms with Gasteiger partial charge in [-0.25, -0.2) is 5.01 Å². The molecule has 0 spiro atoms. The van der Waals surface area contributed by atoms with Gasteiger partial charge >= 0.3 is 0 Å². The Kier molecular flexibility index (Phi) is 2.95. The quantitative estimate of drug-likeness (QED) is 0.519. The molecule has 2 aliphatic heterocycles. The summed E-state index contributed by atoms with van der Waals surface area (Å²) in [4.78, 5) is 0. The zero-order valence-electron chi connectivity index (χ0n) is 9.40. The fourth-order valence-corrected chi connectivity index (χ4v) is 2.09. The lowest BCUT2D eigenvalue weighted by Crippen LogP contribution is -2.47. The lowest BCUT2D eigenvalue weighted by Gasteiger charge is -2.35. The van der Waals surface area contributed by atoms with E-state index in [2.05, 4.69) is 35.6 Å². The smallest absolute Gasteiger partial charge is 0.121 e. The van der Waals surface area contributed by atoms with Gasteiger partial charge in [-0.3, -0.25) is 15.9 Å². The van der Waals surface area contributed by atoms with Crippen LogP contribution in [0.25, 0.3) is 0 Å². The summed E-state index contributed by atoms with van der Waals surface area (Å²) in [5.41, 5.74) is 5.35. The Morgan fingerprint density at radius 3 is 3.00 bits per heavy atom. The maximum atomic E-state index is 5.39. The first kappa shape index (κ1) is 10.5. The van der Waals surface area contributed by atoms with Crippen molar-refractivity contribution in [2.45, 2.75) is 19.8 Å². The van der Waals surface area contributed by atoms with E-state index >= 15 is 0 Å². The molecule has 2 aliphatic rings. The highest BCUT2D eigenvalue weighted by atomic mass is 15.8. The molecule has 5 heteroatoms. The predicted octanol–water partition coefficient (Wildman–Crippen LogP) is 0.368. The van der Waals surface area contributed by atoms with Crippen LogP contribution in [0.3, 0.4) is 0 Å². The first-order chi connectivity index (χ1) is 7.24. The minimum atomic E-state index is 0.776. The molecule has 0 radical (unpaired) electrons. The van der Waals surface area contributed by atoms with Crippen molar-refractivity contribution in [2.24, 2.45) is 5.84 Å². The third-order valence-corrected chi connectivity index (χ3v) is 2.81. The fourth-order valence-electron chi connectivity index (χ4n) is 2.09. The Hall–Kier alpha value is -1.04. The molecule has 2 heterocycles. The molecule has 5 nitrogen and oxygen atoms in total. The number of fused-ring (bicyclic) bond motifs is 1. The number of rotatable bonds is 3. The van der Waals surface area contributed by atoms with E-state index in [1.807, 2.05) is 11.2 Å². The lowest BCUT2D eigenvalue weighted by molar-refractivity contribution is 0.0152. The summed E-state index contributed by atoms with van der Waals surface area (Å²) in [7, 11) is 2.11. The van der Waals surface area contributed by atoms with E-state index in [1.54, 1.807) is 0 Å². The molecule has 0 saturated carbocycles. The molecule has 0 aromatic heterocycles. The molecule has 0 aromatic rings. The molecule has 0 unspecified atom stereocenters. The second-order valence-corrected chi connectivity index (χ2v) is 4.06. The molecule has 15 heavy (non-hydrogen) atoms. The van der Waals surface area contributed by atoms with Crippen molar-refractivity contribution < 1.29 is 0 Å². The molecule has 0 saturated heterocycles. The van der Waals surface area contributed by atoms with Crippen molar-refractivity contribution in [1.29, 1.82) is 0 Å². The molecule has 2 rings (SSSR count). The van der Waals surface area contributed by atoms with Gasteiger partial charge in [0.15, 0.2) is 0 Å². The summed E-state index contributed by atoms with van der Waals surface area (Å²) in [6.07, 6.45) is 6.67. The van der Waals surface area contributed by atoms with Gasteiger partial charge in [-0.1, -0.05) is 18.9 Å². The number of hydrogen-bond donors (Lipinski definition) is 2. The number of nitrogens with zero attached hydrogens (tertiary/aromatic N) is 3. The van der Waals surface area contributed by atoms with E-state index in [-0.39, 0.29) is 0 Å². The second kappa shape index (κ2) is 4.22. The van der Waals surface area contributed by atoms with Crippen LogP contribution in [-0.4, -0.2) is 35.3 Å². The first-order valence-corrected chi connectivity index (χ1v) is 5.37. The molecule has 0 fully saturated rings. The fraction of sp³-hybridized carbons (Fsp3) is 0.600. The summed E-state index contributed by atoms with van der Waals surface area (Å²) in [5.74, 6) is 5.39. The zero-order valence-corrected chi connectivity index (χ0v) is 9.40. The van der Waals surface area contributed by atoms with Gasteiger partial charge in [0.25, 0.3) is 0 Å². The average Bonchev–Trinajstić information content (AvgIpc) is 2.62. The van der Waals surface area contributed by atoms with Gasteiger partial charge in [-0.2, -0.15) is 5.53 Å². The van der Waals surface area contributed by atoms with Crippen molar-refractivity contribution in [3.63, 3.8) is 0 Å². The van der Waals surface area contributed by atoms with Crippen LogP contribution < -0.4 is 11.4 Å². The monoisotopic (exact) mass is 209 g/mol. The number of hydrazine groups is 3. The molecule has 0 bridgehead atoms. The van der Waals surface area contributed by atoms with Gasteiger partial charge in [0.1, 0.15) is 6.67 Å². The Morgan fingerprint density at radius 1 is 1.53 bits per heavy atom. The summed E-state index contributed by atoms with van der Waals surface area (Å²) in [6.45, 7) is 4.01. The van der Waals surface area contributed by atoms with Crippen LogP contribution in [0.5, 0.6) is 0 Å². The van der Waals surface area contributed by atoms with Crippen molar-refractivity contribution in [3.8, 4) is 0 Å². The molecular weight excluding hydrogens is 190 g/mol. The Labute approximate surface area is 90.7 Å². The lowest BCUT2D eigenvalue weighted by atomic mass is 10.1. The van der Waals surface area contributed by atoms with Crippen molar-refractivity contribution in [3.05, 3.63) is 23.5 Å². The number of nitrogens with one attached hydrogen (secondary N) is 1. The third kappa shape index (κ3) is 1.99. The minimum absolute atomic E-state index is 0.776. The van der Waals surface area contributed by atoms with Crippen LogP contribution in [0.4, 0.5) is 0 Å². The average molecular weight is 209 g/mol. The SMILES string of the molecule is CCCC1=CC2=CN(NN)CN2N(C)C1. The van der Waals surface area contributed by atoms with Crippen LogP contribution in [0.2, 0.25) is 0 Å². The van der Waals surface area contributed by atoms with Gasteiger partial charge in [-0.15, -0.1) is 0 Å². The molecule has 0 amide bonds. The van der Waals surface area contributed by atoms with Crippen molar-refractivity contribution in [1.82, 2.24) is 20.6 Å². The van der Waals surface area contributed by atoms with Crippen molar-refractivity contribution in [2.75, 3.05) is 20.3 Å². The Balaban J connectivity index is 2.15. The molecule has 0 aliphatic carbocycles. The number of likely N-dealkylation sites (N-methyl/N-ethyl adjacent to an activating group) is 1. The topological polar surface area (TPSA) is 47.8 Å². The number of hydrogen-bond acceptors (Lipinski definition) is 5. The highest BCUT2D eigenvalue weighted by molar-refractivity contribution is 5.27. The van der Waals surface area contributed by atoms with Crippen LogP contribution >= 0.6 is 0 Å². The van der Waals surface area contributed by atoms with Crippen LogP contribution in [0.15, 0.2) is 23.5 Å². The van der Waals surface area contributed by atoms with Gasteiger partial charge in [0.05, 0.1) is 5.70 Å². The molecule has 84 valence electrons. The minimum Gasteiger partial charge on any atom is -0.283 e. The van der Waals surface area contributed by atoms with E-state index in [0.717, 1.165) is 13.2 Å². The normalized spacial score (nSPS) is 21.5. The first-order valence-electron chi connectivity index (χ1n) is 5.37. The summed E-state index contributed by atoms with van der Waals surface area (Å²) >= 11 is 0. The van der Waals surface area contributed by atoms with E-state index in [9.17, 15) is 0 Å². The number of nitrogens with two attached hydrogens (primary N) is 1. The van der Waals surface area contributed by atoms with Gasteiger partial charge in [-0.05, 0) is 12.5 Å². The second-order valence-electron chi connectivity index (χ2n) is 4.06. The molecule has 0 aromatic carbocycles. The van der Waals surface area contributed by atoms with E-state index < -0.39 is 0 Å². The van der Waals surface area contributed by atoms with Gasteiger partial charge in [0, 0.05) is 19.8 Å². The molecular formula is C10H19N5. The van der Waals surface area contributed by atoms with Crippen LogP contribution in [-0.2, 0) is 0 Å². The van der Waals surface area contributed by atoms with Gasteiger partial charge in [0.2, 0.25) is 0 Å². The maximum absolute atomic E-state index is 5.39. The summed E-state index contributed by atoms with van der Waals surface area (Å²) < 4.78 is 0. The van der Waals surface area contributed by atoms with E-state index in [4.69, 9.17) is 5.84 Å². The summed E-state index contributed by atoms with van der Waals surface area (Å²) in [6, 6.07) is 0. The van der Waals surface area contributed by atoms with Crippen LogP contribution in [0, 0.1) is 0 Å². The Bertz CT molecular complexity index is 296. The highest BCUT2D eigenvalue weighted by Gasteiger charge is 2.26. The van der Waals surface area contributed by atoms with Crippen LogP contribution in [0.1, 0.15) is 19.8 Å².